The highest BCUT2D eigenvalue weighted by Gasteiger charge is 2.28. The number of hydrogen-bond acceptors (Lipinski definition) is 7. The number of imidazole rings is 1. The molecule has 1 N–H and O–H groups in total. The van der Waals surface area contributed by atoms with Crippen molar-refractivity contribution < 1.29 is 17.9 Å². The van der Waals surface area contributed by atoms with Crippen molar-refractivity contribution in [2.24, 2.45) is 0 Å². The lowest BCUT2D eigenvalue weighted by atomic mass is 10.1. The molecule has 11 heteroatoms. The number of morpholine rings is 1. The molecule has 0 aliphatic carbocycles. The maximum absolute atomic E-state index is 13.4. The van der Waals surface area contributed by atoms with Crippen LogP contribution in [-0.2, 0) is 14.8 Å². The highest BCUT2D eigenvalue weighted by Crippen LogP contribution is 2.29. The number of pyridine rings is 1. The van der Waals surface area contributed by atoms with E-state index in [0.29, 0.717) is 62.1 Å². The summed E-state index contributed by atoms with van der Waals surface area (Å²) in [5, 5.41) is 2.88. The Morgan fingerprint density at radius 1 is 1.00 bits per heavy atom. The van der Waals surface area contributed by atoms with Gasteiger partial charge >= 0.3 is 0 Å². The summed E-state index contributed by atoms with van der Waals surface area (Å²) in [6.45, 7) is 3.36. The lowest BCUT2D eigenvalue weighted by Crippen LogP contribution is -2.38. The van der Waals surface area contributed by atoms with Crippen molar-refractivity contribution in [2.75, 3.05) is 49.6 Å². The first-order valence-corrected chi connectivity index (χ1v) is 13.2. The van der Waals surface area contributed by atoms with E-state index in [1.165, 1.54) is 10.4 Å². The van der Waals surface area contributed by atoms with Crippen LogP contribution in [0.15, 0.2) is 60.1 Å². The lowest BCUT2D eigenvalue weighted by molar-refractivity contribution is 0.102. The van der Waals surface area contributed by atoms with Crippen molar-refractivity contribution >= 4 is 27.3 Å². The summed E-state index contributed by atoms with van der Waals surface area (Å²) < 4.78 is 35.3. The second-order valence-electron chi connectivity index (χ2n) is 8.57. The van der Waals surface area contributed by atoms with E-state index < -0.39 is 10.0 Å². The fraction of sp³-hybridized carbons (Fsp3) is 0.375. The van der Waals surface area contributed by atoms with E-state index in [1.54, 1.807) is 53.8 Å². The van der Waals surface area contributed by atoms with Crippen LogP contribution in [0.3, 0.4) is 0 Å². The standard InChI is InChI=1S/C24H28N6O4S/c31-24(27-19-4-7-23(26-17-19)29-11-8-25-18-29)21-16-20(35(32,33)30-9-2-1-3-10-30)5-6-22(21)28-12-14-34-15-13-28/h4-8,11,16-18H,1-3,9-10,12-15H2,(H,27,31). The minimum absolute atomic E-state index is 0.134. The molecule has 2 saturated heterocycles. The Kier molecular flexibility index (Phi) is 6.80. The predicted molar refractivity (Wildman–Crippen MR) is 131 cm³/mol. The molecule has 184 valence electrons. The molecule has 5 rings (SSSR count). The van der Waals surface area contributed by atoms with E-state index in [-0.39, 0.29) is 10.8 Å². The molecule has 4 heterocycles. The summed E-state index contributed by atoms with van der Waals surface area (Å²) in [5.41, 5.74) is 1.51. The van der Waals surface area contributed by atoms with Crippen LogP contribution in [0.25, 0.3) is 5.82 Å². The van der Waals surface area contributed by atoms with Gasteiger partial charge in [-0.1, -0.05) is 6.42 Å². The van der Waals surface area contributed by atoms with Gasteiger partial charge in [0.25, 0.3) is 5.91 Å². The van der Waals surface area contributed by atoms with Gasteiger partial charge in [0, 0.05) is 44.3 Å². The first-order valence-electron chi connectivity index (χ1n) is 11.7. The van der Waals surface area contributed by atoms with Crippen LogP contribution in [0.5, 0.6) is 0 Å². The zero-order chi connectivity index (χ0) is 24.3. The van der Waals surface area contributed by atoms with Gasteiger partial charge in [-0.25, -0.2) is 18.4 Å². The smallest absolute Gasteiger partial charge is 0.257 e. The van der Waals surface area contributed by atoms with Gasteiger partial charge in [-0.05, 0) is 43.2 Å². The Bertz CT molecular complexity index is 1270. The second kappa shape index (κ2) is 10.1. The highest BCUT2D eigenvalue weighted by atomic mass is 32.2. The Labute approximate surface area is 204 Å². The number of piperidine rings is 1. The van der Waals surface area contributed by atoms with Gasteiger partial charge in [0.2, 0.25) is 10.0 Å². The normalized spacial score (nSPS) is 17.3. The van der Waals surface area contributed by atoms with Crippen LogP contribution < -0.4 is 10.2 Å². The first-order chi connectivity index (χ1) is 17.0. The van der Waals surface area contributed by atoms with Gasteiger partial charge in [-0.3, -0.25) is 9.36 Å². The average molecular weight is 497 g/mol. The van der Waals surface area contributed by atoms with E-state index in [1.807, 2.05) is 0 Å². The molecular formula is C24H28N6O4S. The zero-order valence-corrected chi connectivity index (χ0v) is 20.2. The van der Waals surface area contributed by atoms with Crippen LogP contribution in [0.2, 0.25) is 0 Å². The number of aromatic nitrogens is 3. The van der Waals surface area contributed by atoms with Crippen molar-refractivity contribution in [1.82, 2.24) is 18.8 Å². The lowest BCUT2D eigenvalue weighted by Gasteiger charge is -2.31. The molecule has 10 nitrogen and oxygen atoms in total. The molecule has 3 aromatic rings. The van der Waals surface area contributed by atoms with Crippen molar-refractivity contribution in [3.63, 3.8) is 0 Å². The number of hydrogen-bond donors (Lipinski definition) is 1. The third-order valence-electron chi connectivity index (χ3n) is 6.29. The fourth-order valence-corrected chi connectivity index (χ4v) is 5.94. The number of nitrogens with zero attached hydrogens (tertiary/aromatic N) is 5. The van der Waals surface area contributed by atoms with E-state index in [4.69, 9.17) is 4.74 Å². The number of carbonyl (C=O) groups excluding carboxylic acids is 1. The molecule has 2 aliphatic heterocycles. The summed E-state index contributed by atoms with van der Waals surface area (Å²) in [5.74, 6) is 0.281. The van der Waals surface area contributed by atoms with Crippen molar-refractivity contribution in [3.05, 3.63) is 60.8 Å². The largest absolute Gasteiger partial charge is 0.378 e. The van der Waals surface area contributed by atoms with Gasteiger partial charge < -0.3 is 15.0 Å². The molecule has 0 radical (unpaired) electrons. The summed E-state index contributed by atoms with van der Waals surface area (Å²) in [6.07, 6.45) is 9.38. The van der Waals surface area contributed by atoms with Crippen LogP contribution >= 0.6 is 0 Å². The number of amides is 1. The van der Waals surface area contributed by atoms with Gasteiger partial charge in [-0.2, -0.15) is 4.31 Å². The minimum Gasteiger partial charge on any atom is -0.378 e. The summed E-state index contributed by atoms with van der Waals surface area (Å²) >= 11 is 0. The maximum Gasteiger partial charge on any atom is 0.257 e. The number of carbonyl (C=O) groups is 1. The molecule has 0 saturated carbocycles. The molecular weight excluding hydrogens is 468 g/mol. The molecule has 2 aliphatic rings. The molecule has 1 amide bonds. The SMILES string of the molecule is O=C(Nc1ccc(-n2ccnc2)nc1)c1cc(S(=O)(=O)N2CCCCC2)ccc1N1CCOCC1. The Hall–Kier alpha value is -3.28. The number of nitrogens with one attached hydrogen (secondary N) is 1. The van der Waals surface area contributed by atoms with Gasteiger partial charge in [-0.15, -0.1) is 0 Å². The second-order valence-corrected chi connectivity index (χ2v) is 10.5. The predicted octanol–water partition coefficient (Wildman–Crippen LogP) is 2.53. The zero-order valence-electron chi connectivity index (χ0n) is 19.3. The van der Waals surface area contributed by atoms with E-state index in [2.05, 4.69) is 20.2 Å². The Morgan fingerprint density at radius 2 is 1.80 bits per heavy atom. The Balaban J connectivity index is 1.44. The molecule has 2 fully saturated rings. The van der Waals surface area contributed by atoms with E-state index in [0.717, 1.165) is 19.3 Å². The molecule has 35 heavy (non-hydrogen) atoms. The molecule has 0 unspecified atom stereocenters. The van der Waals surface area contributed by atoms with Crippen LogP contribution in [0.1, 0.15) is 29.6 Å². The third kappa shape index (κ3) is 5.07. The number of sulfonamides is 1. The van der Waals surface area contributed by atoms with Crippen molar-refractivity contribution in [2.45, 2.75) is 24.2 Å². The highest BCUT2D eigenvalue weighted by molar-refractivity contribution is 7.89. The maximum atomic E-state index is 13.4. The average Bonchev–Trinajstić information content (AvgIpc) is 3.45. The third-order valence-corrected chi connectivity index (χ3v) is 8.19. The van der Waals surface area contributed by atoms with Crippen LogP contribution in [0, 0.1) is 0 Å². The molecule has 2 aromatic heterocycles. The summed E-state index contributed by atoms with van der Waals surface area (Å²) in [6, 6.07) is 8.36. The van der Waals surface area contributed by atoms with Crippen molar-refractivity contribution in [1.29, 1.82) is 0 Å². The summed E-state index contributed by atoms with van der Waals surface area (Å²) in [4.78, 5) is 24.0. The van der Waals surface area contributed by atoms with Crippen LogP contribution in [0.4, 0.5) is 11.4 Å². The van der Waals surface area contributed by atoms with E-state index >= 15 is 0 Å². The van der Waals surface area contributed by atoms with Crippen molar-refractivity contribution in [3.8, 4) is 5.82 Å². The fourth-order valence-electron chi connectivity index (χ4n) is 4.40. The van der Waals surface area contributed by atoms with E-state index in [9.17, 15) is 13.2 Å². The monoisotopic (exact) mass is 496 g/mol. The van der Waals surface area contributed by atoms with Gasteiger partial charge in [0.1, 0.15) is 12.1 Å². The molecule has 0 bridgehead atoms. The molecule has 1 aromatic carbocycles. The quantitative estimate of drug-likeness (QED) is 0.558. The number of anilines is 2. The van der Waals surface area contributed by atoms with Crippen LogP contribution in [-0.4, -0.2) is 72.6 Å². The number of ether oxygens (including phenoxy) is 1. The van der Waals surface area contributed by atoms with Gasteiger partial charge in [0.05, 0.1) is 35.6 Å². The molecule has 0 spiro atoms. The summed E-state index contributed by atoms with van der Waals surface area (Å²) in [7, 11) is -3.68. The molecule has 0 atom stereocenters. The van der Waals surface area contributed by atoms with Gasteiger partial charge in [0.15, 0.2) is 0 Å². The Morgan fingerprint density at radius 3 is 2.49 bits per heavy atom. The minimum atomic E-state index is -3.68. The first kappa shape index (κ1) is 23.5. The number of benzene rings is 1. The topological polar surface area (TPSA) is 110 Å². The number of rotatable bonds is 6.